The van der Waals surface area contributed by atoms with Crippen molar-refractivity contribution in [3.8, 4) is 0 Å². The van der Waals surface area contributed by atoms with Crippen molar-refractivity contribution in [2.75, 3.05) is 48.7 Å². The Hall–Kier alpha value is -2.09. The lowest BCUT2D eigenvalue weighted by Crippen LogP contribution is -2.46. The summed E-state index contributed by atoms with van der Waals surface area (Å²) in [6.07, 6.45) is -0.119. The molecule has 0 aromatic heterocycles. The number of rotatable bonds is 7. The highest BCUT2D eigenvalue weighted by molar-refractivity contribution is 7.91. The number of likely N-dealkylation sites (N-methyl/N-ethyl adjacent to an activating group) is 1. The summed E-state index contributed by atoms with van der Waals surface area (Å²) in [5.74, 6) is -0.589. The highest BCUT2D eigenvalue weighted by Gasteiger charge is 2.21. The van der Waals surface area contributed by atoms with E-state index in [1.54, 1.807) is 36.4 Å². The fraction of sp³-hybridized carbons (Fsp3) is 0.409. The molecule has 6 nitrogen and oxygen atoms in total. The zero-order valence-electron chi connectivity index (χ0n) is 17.4. The number of carbonyl (C=O) groups excluding carboxylic acids is 1. The second-order valence-corrected chi connectivity index (χ2v) is 10.1. The number of nitrogens with one attached hydrogen (secondary N) is 1. The molecule has 1 aliphatic heterocycles. The number of nitrogens with zero attached hydrogens (tertiary/aromatic N) is 2. The van der Waals surface area contributed by atoms with Crippen LogP contribution in [0, 0.1) is 6.92 Å². The summed E-state index contributed by atoms with van der Waals surface area (Å²) in [6, 6.07) is 12.1. The zero-order chi connectivity index (χ0) is 21.7. The zero-order valence-corrected chi connectivity index (χ0v) is 19.0. The van der Waals surface area contributed by atoms with Crippen LogP contribution in [0.15, 0.2) is 47.4 Å². The van der Waals surface area contributed by atoms with E-state index < -0.39 is 9.84 Å². The number of halogens is 1. The van der Waals surface area contributed by atoms with Crippen molar-refractivity contribution < 1.29 is 13.2 Å². The van der Waals surface area contributed by atoms with Crippen LogP contribution in [0.3, 0.4) is 0 Å². The third-order valence-electron chi connectivity index (χ3n) is 5.37. The van der Waals surface area contributed by atoms with Gasteiger partial charge < -0.3 is 15.1 Å². The van der Waals surface area contributed by atoms with Crippen LogP contribution in [0.4, 0.5) is 11.4 Å². The largest absolute Gasteiger partial charge is 0.367 e. The summed E-state index contributed by atoms with van der Waals surface area (Å²) in [7, 11) is -3.52. The molecular weight excluding hydrogens is 422 g/mol. The van der Waals surface area contributed by atoms with E-state index in [9.17, 15) is 13.2 Å². The molecule has 1 N–H and O–H groups in total. The van der Waals surface area contributed by atoms with E-state index in [0.29, 0.717) is 10.7 Å². The van der Waals surface area contributed by atoms with Gasteiger partial charge in [-0.1, -0.05) is 36.2 Å². The van der Waals surface area contributed by atoms with E-state index in [4.69, 9.17) is 11.6 Å². The van der Waals surface area contributed by atoms with Gasteiger partial charge in [-0.25, -0.2) is 8.42 Å². The topological polar surface area (TPSA) is 69.7 Å². The Morgan fingerprint density at radius 2 is 1.73 bits per heavy atom. The molecule has 0 aliphatic carbocycles. The van der Waals surface area contributed by atoms with Crippen LogP contribution in [0.5, 0.6) is 0 Å². The smallest absolute Gasteiger partial charge is 0.225 e. The Kier molecular flexibility index (Phi) is 7.39. The second-order valence-electron chi connectivity index (χ2n) is 7.51. The third-order valence-corrected chi connectivity index (χ3v) is 7.34. The Bertz CT molecular complexity index is 985. The third kappa shape index (κ3) is 5.74. The van der Waals surface area contributed by atoms with Gasteiger partial charge >= 0.3 is 0 Å². The molecular formula is C22H28ClN3O3S. The van der Waals surface area contributed by atoms with Crippen LogP contribution >= 0.6 is 11.6 Å². The molecule has 2 aromatic rings. The summed E-state index contributed by atoms with van der Waals surface area (Å²) in [6.45, 7) is 8.71. The first-order chi connectivity index (χ1) is 14.3. The van der Waals surface area contributed by atoms with Crippen molar-refractivity contribution in [3.05, 3.63) is 53.1 Å². The molecule has 1 aliphatic rings. The number of amides is 1. The maximum atomic E-state index is 12.5. The highest BCUT2D eigenvalue weighted by Crippen LogP contribution is 2.30. The quantitative estimate of drug-likeness (QED) is 0.699. The number of aryl methyl sites for hydroxylation is 1. The molecule has 0 bridgehead atoms. The number of carbonyl (C=O) groups is 1. The van der Waals surface area contributed by atoms with Crippen LogP contribution in [-0.2, 0) is 14.6 Å². The molecule has 1 heterocycles. The van der Waals surface area contributed by atoms with Crippen molar-refractivity contribution in [3.63, 3.8) is 0 Å². The second kappa shape index (κ2) is 9.81. The number of hydrogen-bond donors (Lipinski definition) is 1. The van der Waals surface area contributed by atoms with Crippen molar-refractivity contribution in [1.82, 2.24) is 4.90 Å². The maximum Gasteiger partial charge on any atom is 0.225 e. The number of benzene rings is 2. The first kappa shape index (κ1) is 22.6. The highest BCUT2D eigenvalue weighted by atomic mass is 35.5. The van der Waals surface area contributed by atoms with Gasteiger partial charge in [-0.15, -0.1) is 0 Å². The number of hydrogen-bond acceptors (Lipinski definition) is 5. The number of sulfone groups is 1. The molecule has 1 amide bonds. The molecule has 1 saturated heterocycles. The normalized spacial score (nSPS) is 15.2. The van der Waals surface area contributed by atoms with Gasteiger partial charge in [0.1, 0.15) is 0 Å². The molecule has 0 unspecified atom stereocenters. The molecule has 0 radical (unpaired) electrons. The van der Waals surface area contributed by atoms with Crippen molar-refractivity contribution in [1.29, 1.82) is 0 Å². The Morgan fingerprint density at radius 1 is 1.07 bits per heavy atom. The van der Waals surface area contributed by atoms with Gasteiger partial charge in [-0.05, 0) is 43.8 Å². The molecule has 30 heavy (non-hydrogen) atoms. The number of piperazine rings is 1. The van der Waals surface area contributed by atoms with Gasteiger partial charge in [0.25, 0.3) is 0 Å². The molecule has 0 spiro atoms. The van der Waals surface area contributed by atoms with Gasteiger partial charge in [-0.2, -0.15) is 0 Å². The minimum absolute atomic E-state index is 0.119. The first-order valence-electron chi connectivity index (χ1n) is 10.1. The fourth-order valence-electron chi connectivity index (χ4n) is 3.49. The van der Waals surface area contributed by atoms with Crippen LogP contribution in [-0.4, -0.2) is 57.7 Å². The van der Waals surface area contributed by atoms with E-state index in [2.05, 4.69) is 22.0 Å². The number of anilines is 2. The van der Waals surface area contributed by atoms with Gasteiger partial charge in [-0.3, -0.25) is 4.79 Å². The monoisotopic (exact) mass is 449 g/mol. The molecule has 162 valence electrons. The predicted molar refractivity (Wildman–Crippen MR) is 122 cm³/mol. The lowest BCUT2D eigenvalue weighted by atomic mass is 10.2. The molecule has 1 fully saturated rings. The predicted octanol–water partition coefficient (Wildman–Crippen LogP) is 3.59. The van der Waals surface area contributed by atoms with Crippen LogP contribution in [0.25, 0.3) is 0 Å². The standard InChI is InChI=1S/C22H28ClN3O3S/c1-3-25-11-13-26(14-12-25)21-9-6-18(23)16-20(21)24-22(27)10-15-30(28,29)19-7-4-17(2)5-8-19/h4-9,16H,3,10-15H2,1-2H3,(H,24,27). The summed E-state index contributed by atoms with van der Waals surface area (Å²) >= 11 is 6.15. The Balaban J connectivity index is 1.66. The van der Waals surface area contributed by atoms with E-state index in [1.165, 1.54) is 0 Å². The lowest BCUT2D eigenvalue weighted by molar-refractivity contribution is -0.115. The van der Waals surface area contributed by atoms with Crippen molar-refractivity contribution in [2.24, 2.45) is 0 Å². The fourth-order valence-corrected chi connectivity index (χ4v) is 4.91. The van der Waals surface area contributed by atoms with E-state index in [0.717, 1.165) is 44.0 Å². The van der Waals surface area contributed by atoms with Gasteiger partial charge in [0.05, 0.1) is 22.0 Å². The average Bonchev–Trinajstić information content (AvgIpc) is 2.73. The lowest BCUT2D eigenvalue weighted by Gasteiger charge is -2.36. The SMILES string of the molecule is CCN1CCN(c2ccc(Cl)cc2NC(=O)CCS(=O)(=O)c2ccc(C)cc2)CC1. The summed E-state index contributed by atoms with van der Waals surface area (Å²) < 4.78 is 25.0. The van der Waals surface area contributed by atoms with Gasteiger partial charge in [0.15, 0.2) is 9.84 Å². The Morgan fingerprint density at radius 3 is 2.37 bits per heavy atom. The summed E-state index contributed by atoms with van der Waals surface area (Å²) in [5, 5.41) is 3.39. The van der Waals surface area contributed by atoms with Crippen molar-refractivity contribution in [2.45, 2.75) is 25.2 Å². The molecule has 0 atom stereocenters. The van der Waals surface area contributed by atoms with E-state index >= 15 is 0 Å². The molecule has 0 saturated carbocycles. The van der Waals surface area contributed by atoms with Crippen LogP contribution in [0.2, 0.25) is 5.02 Å². The van der Waals surface area contributed by atoms with E-state index in [1.807, 2.05) is 13.0 Å². The van der Waals surface area contributed by atoms with Crippen molar-refractivity contribution >= 4 is 38.7 Å². The average molecular weight is 450 g/mol. The van der Waals surface area contributed by atoms with Crippen LogP contribution < -0.4 is 10.2 Å². The van der Waals surface area contributed by atoms with Gasteiger partial charge in [0, 0.05) is 37.6 Å². The molecule has 2 aromatic carbocycles. The Labute approximate surface area is 183 Å². The molecule has 3 rings (SSSR count). The molecule has 8 heteroatoms. The van der Waals surface area contributed by atoms with E-state index in [-0.39, 0.29) is 23.0 Å². The first-order valence-corrected chi connectivity index (χ1v) is 12.2. The van der Waals surface area contributed by atoms with Gasteiger partial charge in [0.2, 0.25) is 5.91 Å². The summed E-state index contributed by atoms with van der Waals surface area (Å²) in [4.78, 5) is 17.4. The van der Waals surface area contributed by atoms with Crippen LogP contribution in [0.1, 0.15) is 18.9 Å². The minimum atomic E-state index is -3.52. The minimum Gasteiger partial charge on any atom is -0.367 e. The summed E-state index contributed by atoms with van der Waals surface area (Å²) in [5.41, 5.74) is 2.51. The maximum absolute atomic E-state index is 12.5.